The monoisotopic (exact) mass is 387 g/mol. The molecule has 5 nitrogen and oxygen atoms in total. The number of nitrogens with zero attached hydrogens (tertiary/aromatic N) is 1. The van der Waals surface area contributed by atoms with Crippen LogP contribution in [0, 0.1) is 11.8 Å². The Balaban J connectivity index is 1.77. The van der Waals surface area contributed by atoms with E-state index in [9.17, 15) is 13.2 Å². The number of carbonyl (C=O) groups is 1. The predicted octanol–water partition coefficient (Wildman–Crippen LogP) is 4.02. The molecule has 1 aliphatic rings. The number of halogens is 1. The van der Waals surface area contributed by atoms with E-state index in [1.807, 2.05) is 37.3 Å². The van der Waals surface area contributed by atoms with Crippen LogP contribution in [0.25, 0.3) is 0 Å². The molecule has 0 spiro atoms. The predicted molar refractivity (Wildman–Crippen MR) is 99.0 cm³/mol. The zero-order chi connectivity index (χ0) is 18.3. The number of ether oxygens (including phenoxy) is 1. The molecule has 0 atom stereocenters. The van der Waals surface area contributed by atoms with Crippen molar-refractivity contribution < 1.29 is 17.9 Å². The number of carbonyl (C=O) groups excluding carboxylic acids is 1. The highest BCUT2D eigenvalue weighted by Gasteiger charge is 2.27. The molecule has 2 rings (SSSR count). The Morgan fingerprint density at radius 2 is 1.76 bits per heavy atom. The number of amides is 1. The van der Waals surface area contributed by atoms with Gasteiger partial charge in [-0.15, -0.1) is 0 Å². The van der Waals surface area contributed by atoms with E-state index in [0.29, 0.717) is 19.0 Å². The van der Waals surface area contributed by atoms with Crippen molar-refractivity contribution in [2.75, 3.05) is 18.8 Å². The summed E-state index contributed by atoms with van der Waals surface area (Å²) in [7, 11) is 1.91. The molecule has 0 aromatic heterocycles. The van der Waals surface area contributed by atoms with Crippen molar-refractivity contribution in [2.45, 2.75) is 39.2 Å². The third-order valence-electron chi connectivity index (χ3n) is 4.72. The molecule has 0 bridgehead atoms. The van der Waals surface area contributed by atoms with E-state index in [0.717, 1.165) is 31.2 Å². The van der Waals surface area contributed by atoms with Crippen LogP contribution in [0.4, 0.5) is 4.79 Å². The van der Waals surface area contributed by atoms with Gasteiger partial charge in [0, 0.05) is 23.8 Å². The Bertz CT molecular complexity index is 642. The summed E-state index contributed by atoms with van der Waals surface area (Å²) in [4.78, 5) is 14.0. The second-order valence-corrected chi connectivity index (χ2v) is 9.49. The van der Waals surface area contributed by atoms with Crippen molar-refractivity contribution in [3.63, 3.8) is 0 Å². The number of hydrogen-bond acceptors (Lipinski definition) is 4. The van der Waals surface area contributed by atoms with Gasteiger partial charge < -0.3 is 9.64 Å². The van der Waals surface area contributed by atoms with Crippen LogP contribution in [0.1, 0.15) is 38.2 Å². The lowest BCUT2D eigenvalue weighted by Gasteiger charge is -2.31. The molecular weight excluding hydrogens is 362 g/mol. The Hall–Kier alpha value is -1.27. The Labute approximate surface area is 154 Å². The minimum absolute atomic E-state index is 0.0535. The van der Waals surface area contributed by atoms with Crippen LogP contribution in [0.15, 0.2) is 30.3 Å². The smallest absolute Gasteiger partial charge is 0.410 e. The van der Waals surface area contributed by atoms with Gasteiger partial charge in [0.1, 0.15) is 6.61 Å². The van der Waals surface area contributed by atoms with E-state index in [-0.39, 0.29) is 24.4 Å². The van der Waals surface area contributed by atoms with Gasteiger partial charge in [-0.1, -0.05) is 30.3 Å². The minimum atomic E-state index is -3.43. The van der Waals surface area contributed by atoms with Crippen molar-refractivity contribution in [2.24, 2.45) is 11.8 Å². The second kappa shape index (κ2) is 9.43. The molecular formula is C18H26ClNO4S. The fourth-order valence-corrected chi connectivity index (χ4v) is 4.75. The Kier molecular flexibility index (Phi) is 7.56. The van der Waals surface area contributed by atoms with Crippen LogP contribution in [0.5, 0.6) is 0 Å². The zero-order valence-corrected chi connectivity index (χ0v) is 16.1. The standard InChI is InChI=1S/C18H26ClNO4S/c1-2-20(18(21)24-13-16-6-4-3-5-7-16)12-15-8-10-17(11-9-15)14-25(19,22)23/h3-7,15,17H,2,8-14H2,1H3. The number of benzene rings is 1. The summed E-state index contributed by atoms with van der Waals surface area (Å²) in [6.07, 6.45) is 3.22. The molecule has 1 saturated carbocycles. The highest BCUT2D eigenvalue weighted by Crippen LogP contribution is 2.31. The number of hydrogen-bond donors (Lipinski definition) is 0. The molecule has 1 amide bonds. The molecule has 0 heterocycles. The fourth-order valence-electron chi connectivity index (χ4n) is 3.32. The maximum Gasteiger partial charge on any atom is 0.410 e. The molecule has 1 aromatic carbocycles. The summed E-state index contributed by atoms with van der Waals surface area (Å²) in [6, 6.07) is 9.61. The van der Waals surface area contributed by atoms with Crippen LogP contribution in [-0.2, 0) is 20.4 Å². The zero-order valence-electron chi connectivity index (χ0n) is 14.6. The van der Waals surface area contributed by atoms with Gasteiger partial charge in [0.25, 0.3) is 0 Å². The first-order valence-electron chi connectivity index (χ1n) is 8.75. The third kappa shape index (κ3) is 7.24. The van der Waals surface area contributed by atoms with E-state index in [1.54, 1.807) is 4.90 Å². The van der Waals surface area contributed by atoms with Crippen molar-refractivity contribution in [1.82, 2.24) is 4.90 Å². The quantitative estimate of drug-likeness (QED) is 0.663. The fraction of sp³-hybridized carbons (Fsp3) is 0.611. The van der Waals surface area contributed by atoms with Crippen molar-refractivity contribution in [1.29, 1.82) is 0 Å². The second-order valence-electron chi connectivity index (χ2n) is 6.67. The van der Waals surface area contributed by atoms with Crippen LogP contribution in [0.2, 0.25) is 0 Å². The molecule has 140 valence electrons. The van der Waals surface area contributed by atoms with Gasteiger partial charge in [0.15, 0.2) is 0 Å². The topological polar surface area (TPSA) is 63.7 Å². The molecule has 0 radical (unpaired) electrons. The van der Waals surface area contributed by atoms with Gasteiger partial charge in [0.2, 0.25) is 9.05 Å². The van der Waals surface area contributed by atoms with Gasteiger partial charge in [0.05, 0.1) is 5.75 Å². The van der Waals surface area contributed by atoms with Crippen LogP contribution >= 0.6 is 10.7 Å². The van der Waals surface area contributed by atoms with E-state index in [1.165, 1.54) is 0 Å². The normalized spacial score (nSPS) is 20.9. The summed E-state index contributed by atoms with van der Waals surface area (Å²) in [6.45, 7) is 3.47. The largest absolute Gasteiger partial charge is 0.445 e. The first kappa shape index (κ1) is 20.0. The summed E-state index contributed by atoms with van der Waals surface area (Å²) >= 11 is 0. The molecule has 25 heavy (non-hydrogen) atoms. The Morgan fingerprint density at radius 1 is 1.16 bits per heavy atom. The summed E-state index contributed by atoms with van der Waals surface area (Å²) in [5.41, 5.74) is 0.967. The highest BCUT2D eigenvalue weighted by molar-refractivity contribution is 8.13. The summed E-state index contributed by atoms with van der Waals surface area (Å²) in [5.74, 6) is 0.579. The lowest BCUT2D eigenvalue weighted by atomic mass is 9.82. The van der Waals surface area contributed by atoms with Gasteiger partial charge in [-0.05, 0) is 50.0 Å². The first-order chi connectivity index (χ1) is 11.9. The van der Waals surface area contributed by atoms with Crippen molar-refractivity contribution in [3.8, 4) is 0 Å². The first-order valence-corrected chi connectivity index (χ1v) is 11.2. The molecule has 0 N–H and O–H groups in total. The van der Waals surface area contributed by atoms with Crippen LogP contribution in [0.3, 0.4) is 0 Å². The van der Waals surface area contributed by atoms with Gasteiger partial charge in [-0.2, -0.15) is 0 Å². The third-order valence-corrected chi connectivity index (χ3v) is 5.97. The van der Waals surface area contributed by atoms with Crippen LogP contribution in [-0.4, -0.2) is 38.3 Å². The minimum Gasteiger partial charge on any atom is -0.445 e. The summed E-state index contributed by atoms with van der Waals surface area (Å²) < 4.78 is 27.8. The lowest BCUT2D eigenvalue weighted by molar-refractivity contribution is 0.0877. The SMILES string of the molecule is CCN(CC1CCC(CS(=O)(=O)Cl)CC1)C(=O)OCc1ccccc1. The Morgan fingerprint density at radius 3 is 2.32 bits per heavy atom. The van der Waals surface area contributed by atoms with Crippen molar-refractivity contribution >= 4 is 25.8 Å². The molecule has 1 fully saturated rings. The van der Waals surface area contributed by atoms with Crippen LogP contribution < -0.4 is 0 Å². The molecule has 1 aliphatic carbocycles. The van der Waals surface area contributed by atoms with Crippen molar-refractivity contribution in [3.05, 3.63) is 35.9 Å². The van der Waals surface area contributed by atoms with Gasteiger partial charge >= 0.3 is 6.09 Å². The van der Waals surface area contributed by atoms with E-state index in [4.69, 9.17) is 15.4 Å². The molecule has 1 aromatic rings. The average Bonchev–Trinajstić information content (AvgIpc) is 2.58. The number of rotatable bonds is 7. The van der Waals surface area contributed by atoms with E-state index in [2.05, 4.69) is 0 Å². The molecule has 7 heteroatoms. The van der Waals surface area contributed by atoms with Gasteiger partial charge in [-0.3, -0.25) is 0 Å². The maximum atomic E-state index is 12.3. The lowest BCUT2D eigenvalue weighted by Crippen LogP contribution is -2.37. The molecule has 0 aliphatic heterocycles. The molecule has 0 saturated heterocycles. The maximum absolute atomic E-state index is 12.3. The molecule has 0 unspecified atom stereocenters. The average molecular weight is 388 g/mol. The summed E-state index contributed by atoms with van der Waals surface area (Å²) in [5, 5.41) is 0. The van der Waals surface area contributed by atoms with E-state index >= 15 is 0 Å². The van der Waals surface area contributed by atoms with E-state index < -0.39 is 9.05 Å². The van der Waals surface area contributed by atoms with Gasteiger partial charge in [-0.25, -0.2) is 13.2 Å². The highest BCUT2D eigenvalue weighted by atomic mass is 35.7.